The van der Waals surface area contributed by atoms with Crippen molar-refractivity contribution in [1.29, 1.82) is 0 Å². The molecule has 1 heterocycles. The molecule has 0 aromatic heterocycles. The van der Waals surface area contributed by atoms with Gasteiger partial charge >= 0.3 is 5.97 Å². The molecule has 0 aromatic rings. The van der Waals surface area contributed by atoms with Gasteiger partial charge in [-0.1, -0.05) is 0 Å². The van der Waals surface area contributed by atoms with Crippen molar-refractivity contribution in [3.05, 3.63) is 6.92 Å². The second-order valence-corrected chi connectivity index (χ2v) is 2.99. The van der Waals surface area contributed by atoms with Crippen LogP contribution in [0.2, 0.25) is 0 Å². The Balaban J connectivity index is 2.39. The lowest BCUT2D eigenvalue weighted by molar-refractivity contribution is -0.385. The Morgan fingerprint density at radius 3 is 2.21 bits per heavy atom. The van der Waals surface area contributed by atoms with E-state index < -0.39 is 12.1 Å². The fourth-order valence-corrected chi connectivity index (χ4v) is 1.13. The van der Waals surface area contributed by atoms with Gasteiger partial charge in [0.05, 0.1) is 13.2 Å². The lowest BCUT2D eigenvalue weighted by atomic mass is 10.3. The second kappa shape index (κ2) is 5.04. The summed E-state index contributed by atoms with van der Waals surface area (Å²) in [6, 6.07) is 0. The van der Waals surface area contributed by atoms with Gasteiger partial charge in [0.1, 0.15) is 12.2 Å². The molecule has 1 aliphatic rings. The molecular formula is C9H17O5. The van der Waals surface area contributed by atoms with Gasteiger partial charge in [-0.15, -0.1) is 0 Å². The molecule has 1 fully saturated rings. The monoisotopic (exact) mass is 205 g/mol. The Labute approximate surface area is 84.2 Å². The van der Waals surface area contributed by atoms with Crippen molar-refractivity contribution in [2.75, 3.05) is 34.5 Å². The Bertz CT molecular complexity index is 156. The maximum absolute atomic E-state index is 5.39. The Morgan fingerprint density at radius 1 is 1.36 bits per heavy atom. The Kier molecular flexibility index (Phi) is 4.28. The first-order valence-corrected chi connectivity index (χ1v) is 4.40. The fraction of sp³-hybridized carbons (Fsp3) is 0.889. The molecule has 0 spiro atoms. The maximum Gasteiger partial charge on any atom is 0.310 e. The minimum atomic E-state index is -1.24. The highest BCUT2D eigenvalue weighted by Crippen LogP contribution is 2.21. The molecule has 0 aromatic carbocycles. The summed E-state index contributed by atoms with van der Waals surface area (Å²) >= 11 is 0. The number of hydrogen-bond acceptors (Lipinski definition) is 5. The summed E-state index contributed by atoms with van der Waals surface area (Å²) in [5.74, 6) is -1.24. The maximum atomic E-state index is 5.39. The van der Waals surface area contributed by atoms with Crippen LogP contribution in [0.3, 0.4) is 0 Å². The van der Waals surface area contributed by atoms with E-state index in [1.807, 2.05) is 0 Å². The van der Waals surface area contributed by atoms with E-state index in [0.717, 1.165) is 6.61 Å². The minimum Gasteiger partial charge on any atom is -0.371 e. The van der Waals surface area contributed by atoms with Crippen molar-refractivity contribution in [3.8, 4) is 0 Å². The number of methoxy groups -OCH3 is 3. The highest BCUT2D eigenvalue weighted by atomic mass is 16.9. The van der Waals surface area contributed by atoms with E-state index >= 15 is 0 Å². The van der Waals surface area contributed by atoms with Gasteiger partial charge in [0.15, 0.2) is 0 Å². The molecule has 14 heavy (non-hydrogen) atoms. The zero-order valence-electron chi connectivity index (χ0n) is 8.82. The Hall–Kier alpha value is -0.200. The van der Waals surface area contributed by atoms with Crippen LogP contribution in [-0.4, -0.2) is 52.7 Å². The SMILES string of the molecule is [CH2]C(OCC1CO1)C(OC)(OC)OC. The first kappa shape index (κ1) is 11.9. The third-order valence-electron chi connectivity index (χ3n) is 2.13. The lowest BCUT2D eigenvalue weighted by Gasteiger charge is -2.33. The summed E-state index contributed by atoms with van der Waals surface area (Å²) in [4.78, 5) is 0. The van der Waals surface area contributed by atoms with E-state index in [2.05, 4.69) is 6.92 Å². The highest BCUT2D eigenvalue weighted by molar-refractivity contribution is 4.76. The van der Waals surface area contributed by atoms with Gasteiger partial charge in [-0.2, -0.15) is 0 Å². The van der Waals surface area contributed by atoms with Gasteiger partial charge < -0.3 is 23.7 Å². The quantitative estimate of drug-likeness (QED) is 0.439. The van der Waals surface area contributed by atoms with Crippen LogP contribution in [0.1, 0.15) is 0 Å². The van der Waals surface area contributed by atoms with Gasteiger partial charge in [-0.3, -0.25) is 0 Å². The van der Waals surface area contributed by atoms with Gasteiger partial charge in [-0.05, 0) is 6.92 Å². The van der Waals surface area contributed by atoms with Crippen LogP contribution < -0.4 is 0 Å². The molecule has 0 N–H and O–H groups in total. The van der Waals surface area contributed by atoms with Crippen molar-refractivity contribution in [1.82, 2.24) is 0 Å². The van der Waals surface area contributed by atoms with Crippen LogP contribution in [0.4, 0.5) is 0 Å². The highest BCUT2D eigenvalue weighted by Gasteiger charge is 2.39. The van der Waals surface area contributed by atoms with E-state index in [0.29, 0.717) is 6.61 Å². The van der Waals surface area contributed by atoms with Crippen molar-refractivity contribution in [2.24, 2.45) is 0 Å². The molecule has 0 bridgehead atoms. The topological polar surface area (TPSA) is 49.5 Å². The smallest absolute Gasteiger partial charge is 0.310 e. The molecule has 0 saturated carbocycles. The summed E-state index contributed by atoms with van der Waals surface area (Å²) in [5.41, 5.74) is 0. The molecule has 0 amide bonds. The fourth-order valence-electron chi connectivity index (χ4n) is 1.13. The summed E-state index contributed by atoms with van der Waals surface area (Å²) in [6.45, 7) is 4.99. The summed E-state index contributed by atoms with van der Waals surface area (Å²) in [5, 5.41) is 0. The van der Waals surface area contributed by atoms with E-state index in [9.17, 15) is 0 Å². The van der Waals surface area contributed by atoms with Crippen molar-refractivity contribution >= 4 is 0 Å². The first-order valence-electron chi connectivity index (χ1n) is 4.40. The van der Waals surface area contributed by atoms with Gasteiger partial charge in [0.2, 0.25) is 0 Å². The molecule has 1 saturated heterocycles. The number of epoxide rings is 1. The normalized spacial score (nSPS) is 23.6. The van der Waals surface area contributed by atoms with Crippen LogP contribution in [0.15, 0.2) is 0 Å². The zero-order valence-corrected chi connectivity index (χ0v) is 8.82. The summed E-state index contributed by atoms with van der Waals surface area (Å²) in [7, 11) is 4.42. The second-order valence-electron chi connectivity index (χ2n) is 2.99. The lowest BCUT2D eigenvalue weighted by Crippen LogP contribution is -2.48. The van der Waals surface area contributed by atoms with Gasteiger partial charge in [-0.25, -0.2) is 0 Å². The molecule has 2 atom stereocenters. The Morgan fingerprint density at radius 2 is 1.86 bits per heavy atom. The molecule has 1 aliphatic heterocycles. The van der Waals surface area contributed by atoms with Crippen LogP contribution >= 0.6 is 0 Å². The average molecular weight is 205 g/mol. The van der Waals surface area contributed by atoms with E-state index in [1.165, 1.54) is 21.3 Å². The number of ether oxygens (including phenoxy) is 5. The van der Waals surface area contributed by atoms with Crippen LogP contribution in [0.5, 0.6) is 0 Å². The van der Waals surface area contributed by atoms with Crippen molar-refractivity contribution in [3.63, 3.8) is 0 Å². The molecule has 1 radical (unpaired) electrons. The third kappa shape index (κ3) is 2.65. The molecule has 0 aliphatic carbocycles. The van der Waals surface area contributed by atoms with Crippen LogP contribution in [0, 0.1) is 6.92 Å². The third-order valence-corrected chi connectivity index (χ3v) is 2.13. The molecular weight excluding hydrogens is 188 g/mol. The van der Waals surface area contributed by atoms with E-state index in [4.69, 9.17) is 23.7 Å². The average Bonchev–Trinajstić information content (AvgIpc) is 3.02. The molecule has 5 nitrogen and oxygen atoms in total. The van der Waals surface area contributed by atoms with Gasteiger partial charge in [0.25, 0.3) is 0 Å². The molecule has 2 unspecified atom stereocenters. The largest absolute Gasteiger partial charge is 0.371 e. The predicted octanol–water partition coefficient (Wildman–Crippen LogP) is 0.197. The van der Waals surface area contributed by atoms with Crippen molar-refractivity contribution < 1.29 is 23.7 Å². The standard InChI is InChI=1S/C9H17O5/c1-7(13-5-8-6-14-8)9(10-2,11-3)12-4/h7-8H,1,5-6H2,2-4H3. The summed E-state index contributed by atoms with van der Waals surface area (Å²) in [6.07, 6.45) is -0.380. The molecule has 5 heteroatoms. The zero-order chi connectivity index (χ0) is 10.6. The van der Waals surface area contributed by atoms with Crippen LogP contribution in [0.25, 0.3) is 0 Å². The number of rotatable bonds is 7. The van der Waals surface area contributed by atoms with Crippen LogP contribution in [-0.2, 0) is 23.7 Å². The predicted molar refractivity (Wildman–Crippen MR) is 48.6 cm³/mol. The van der Waals surface area contributed by atoms with Gasteiger partial charge in [0, 0.05) is 21.3 Å². The van der Waals surface area contributed by atoms with E-state index in [-0.39, 0.29) is 6.10 Å². The minimum absolute atomic E-state index is 0.183. The molecule has 1 rings (SSSR count). The van der Waals surface area contributed by atoms with E-state index in [1.54, 1.807) is 0 Å². The molecule has 83 valence electrons. The summed E-state index contributed by atoms with van der Waals surface area (Å²) < 4.78 is 25.6. The van der Waals surface area contributed by atoms with Crippen molar-refractivity contribution in [2.45, 2.75) is 18.2 Å². The first-order chi connectivity index (χ1) is 6.68. The number of hydrogen-bond donors (Lipinski definition) is 0.